The fourth-order valence-electron chi connectivity index (χ4n) is 5.36. The van der Waals surface area contributed by atoms with E-state index in [2.05, 4.69) is 21.2 Å². The molecule has 0 spiro atoms. The maximum Gasteiger partial charge on any atom is 0.255 e. The summed E-state index contributed by atoms with van der Waals surface area (Å²) in [6.07, 6.45) is 8.66. The van der Waals surface area contributed by atoms with E-state index in [0.29, 0.717) is 43.4 Å². The van der Waals surface area contributed by atoms with Crippen LogP contribution in [0.2, 0.25) is 0 Å². The molecule has 12 nitrogen and oxygen atoms in total. The first-order valence-corrected chi connectivity index (χ1v) is 13.0. The molecule has 1 amide bonds. The lowest BCUT2D eigenvalue weighted by atomic mass is 10.1. The van der Waals surface area contributed by atoms with Crippen LogP contribution in [0.1, 0.15) is 28.8 Å². The summed E-state index contributed by atoms with van der Waals surface area (Å²) in [6, 6.07) is 5.83. The third-order valence-corrected chi connectivity index (χ3v) is 7.35. The van der Waals surface area contributed by atoms with Gasteiger partial charge in [-0.25, -0.2) is 9.50 Å². The molecule has 1 aliphatic heterocycles. The highest BCUT2D eigenvalue weighted by Crippen LogP contribution is 2.36. The van der Waals surface area contributed by atoms with Gasteiger partial charge in [0.05, 0.1) is 24.9 Å². The zero-order valence-corrected chi connectivity index (χ0v) is 22.2. The molecule has 1 saturated heterocycles. The summed E-state index contributed by atoms with van der Waals surface area (Å²) in [5.74, 6) is 1.07. The van der Waals surface area contributed by atoms with E-state index in [-0.39, 0.29) is 11.9 Å². The minimum absolute atomic E-state index is 0.00428. The van der Waals surface area contributed by atoms with E-state index in [0.717, 1.165) is 46.2 Å². The fourth-order valence-corrected chi connectivity index (χ4v) is 5.36. The molecule has 5 aromatic rings. The van der Waals surface area contributed by atoms with Crippen LogP contribution in [-0.4, -0.2) is 77.6 Å². The Labute approximate surface area is 224 Å². The lowest BCUT2D eigenvalue weighted by molar-refractivity contribution is 0.0708. The average molecular weight is 530 g/mol. The molecule has 5 aromatic heterocycles. The van der Waals surface area contributed by atoms with Gasteiger partial charge in [-0.05, 0) is 38.0 Å². The predicted octanol–water partition coefficient (Wildman–Crippen LogP) is 2.44. The summed E-state index contributed by atoms with van der Waals surface area (Å²) in [5.41, 5.74) is 11.0. The van der Waals surface area contributed by atoms with Crippen LogP contribution < -0.4 is 15.2 Å². The van der Waals surface area contributed by atoms with Crippen LogP contribution in [0.25, 0.3) is 27.8 Å². The number of amides is 1. The first-order valence-electron chi connectivity index (χ1n) is 13.0. The zero-order valence-electron chi connectivity index (χ0n) is 22.2. The Morgan fingerprint density at radius 1 is 1.21 bits per heavy atom. The lowest BCUT2D eigenvalue weighted by Crippen LogP contribution is -2.45. The molecule has 0 bridgehead atoms. The molecule has 1 atom stereocenters. The van der Waals surface area contributed by atoms with Gasteiger partial charge in [0.2, 0.25) is 5.88 Å². The number of hydrogen-bond donors (Lipinski definition) is 1. The van der Waals surface area contributed by atoms with Crippen LogP contribution in [-0.2, 0) is 13.6 Å². The number of piperidine rings is 1. The Morgan fingerprint density at radius 2 is 2.03 bits per heavy atom. The molecule has 2 N–H and O–H groups in total. The topological polar surface area (TPSA) is 131 Å². The van der Waals surface area contributed by atoms with E-state index in [1.165, 1.54) is 0 Å². The molecule has 1 aliphatic rings. The van der Waals surface area contributed by atoms with Gasteiger partial charge in [-0.1, -0.05) is 0 Å². The lowest BCUT2D eigenvalue weighted by Gasteiger charge is -2.30. The molecule has 0 unspecified atom stereocenters. The van der Waals surface area contributed by atoms with Crippen molar-refractivity contribution in [3.05, 3.63) is 54.4 Å². The zero-order chi connectivity index (χ0) is 27.1. The maximum atomic E-state index is 13.3. The fraction of sp³-hybridized carbons (Fsp3) is 0.370. The van der Waals surface area contributed by atoms with E-state index in [4.69, 9.17) is 20.3 Å². The average Bonchev–Trinajstić information content (AvgIpc) is 3.66. The number of carbonyl (C=O) groups excluding carboxylic acids is 1. The Morgan fingerprint density at radius 3 is 2.79 bits per heavy atom. The van der Waals surface area contributed by atoms with E-state index >= 15 is 0 Å². The number of hydrogen-bond acceptors (Lipinski definition) is 8. The van der Waals surface area contributed by atoms with Crippen LogP contribution in [0.5, 0.6) is 11.6 Å². The number of nitrogens with two attached hydrogens (primary N) is 1. The molecule has 6 rings (SSSR count). The number of likely N-dealkylation sites (tertiary alicyclic amines) is 1. The number of methoxy groups -OCH3 is 1. The van der Waals surface area contributed by atoms with Gasteiger partial charge in [0.1, 0.15) is 41.7 Å². The van der Waals surface area contributed by atoms with E-state index in [1.54, 1.807) is 42.7 Å². The standard InChI is InChI=1S/C27H31N9O3/c1-17-23(21-11-18-6-7-29-26(25(18)33(21)2)39-10-9-34-15-30-31-16-34)32-36-13-19(12-22(38-3)24(17)36)27(37)35-8-4-5-20(28)14-35/h6-7,11-13,15-16,20H,4-5,8-10,14,28H2,1-3H3/t20-/m1/s1. The molecule has 12 heteroatoms. The van der Waals surface area contributed by atoms with Gasteiger partial charge < -0.3 is 29.2 Å². The normalized spacial score (nSPS) is 15.8. The van der Waals surface area contributed by atoms with Gasteiger partial charge in [0.25, 0.3) is 5.91 Å². The van der Waals surface area contributed by atoms with Gasteiger partial charge in [-0.2, -0.15) is 5.10 Å². The summed E-state index contributed by atoms with van der Waals surface area (Å²) in [5, 5.41) is 13.6. The van der Waals surface area contributed by atoms with Crippen molar-refractivity contribution in [1.82, 2.24) is 38.8 Å². The van der Waals surface area contributed by atoms with Crippen LogP contribution in [0.15, 0.2) is 43.2 Å². The third kappa shape index (κ3) is 4.46. The molecule has 39 heavy (non-hydrogen) atoms. The number of aryl methyl sites for hydroxylation is 2. The number of ether oxygens (including phenoxy) is 2. The van der Waals surface area contributed by atoms with Crippen molar-refractivity contribution in [2.45, 2.75) is 32.4 Å². The smallest absolute Gasteiger partial charge is 0.255 e. The van der Waals surface area contributed by atoms with Crippen molar-refractivity contribution in [3.63, 3.8) is 0 Å². The SMILES string of the molecule is COc1cc(C(=O)N2CCC[C@@H](N)C2)cn2nc(-c3cc4ccnc(OCCn5cnnc5)c4n3C)c(C)c12. The van der Waals surface area contributed by atoms with E-state index < -0.39 is 0 Å². The Hall–Kier alpha value is -4.45. The van der Waals surface area contributed by atoms with Crippen LogP contribution in [0.3, 0.4) is 0 Å². The number of rotatable bonds is 7. The highest BCUT2D eigenvalue weighted by molar-refractivity contribution is 5.96. The summed E-state index contributed by atoms with van der Waals surface area (Å²) in [4.78, 5) is 19.6. The molecule has 0 aliphatic carbocycles. The second kappa shape index (κ2) is 10.0. The Balaban J connectivity index is 1.37. The Bertz CT molecular complexity index is 1650. The van der Waals surface area contributed by atoms with Crippen molar-refractivity contribution in [2.24, 2.45) is 12.8 Å². The molecule has 6 heterocycles. The van der Waals surface area contributed by atoms with Crippen molar-refractivity contribution in [2.75, 3.05) is 26.8 Å². The maximum absolute atomic E-state index is 13.3. The van der Waals surface area contributed by atoms with Gasteiger partial charge in [-0.3, -0.25) is 4.79 Å². The highest BCUT2D eigenvalue weighted by atomic mass is 16.5. The molecular formula is C27H31N9O3. The molecule has 0 saturated carbocycles. The molecule has 0 radical (unpaired) electrons. The number of nitrogens with zero attached hydrogens (tertiary/aromatic N) is 8. The first-order chi connectivity index (χ1) is 18.9. The highest BCUT2D eigenvalue weighted by Gasteiger charge is 2.26. The van der Waals surface area contributed by atoms with Crippen LogP contribution in [0.4, 0.5) is 0 Å². The second-order valence-electron chi connectivity index (χ2n) is 9.91. The van der Waals surface area contributed by atoms with Crippen molar-refractivity contribution < 1.29 is 14.3 Å². The molecule has 0 aromatic carbocycles. The van der Waals surface area contributed by atoms with Gasteiger partial charge in [0.15, 0.2) is 0 Å². The largest absolute Gasteiger partial charge is 0.494 e. The summed E-state index contributed by atoms with van der Waals surface area (Å²) >= 11 is 0. The molecule has 202 valence electrons. The van der Waals surface area contributed by atoms with Crippen molar-refractivity contribution >= 4 is 22.3 Å². The molecular weight excluding hydrogens is 498 g/mol. The van der Waals surface area contributed by atoms with Crippen molar-refractivity contribution in [3.8, 4) is 23.0 Å². The molecule has 1 fully saturated rings. The quantitative estimate of drug-likeness (QED) is 0.340. The monoisotopic (exact) mass is 529 g/mol. The van der Waals surface area contributed by atoms with E-state index in [1.807, 2.05) is 34.1 Å². The Kier molecular flexibility index (Phi) is 6.39. The van der Waals surface area contributed by atoms with E-state index in [9.17, 15) is 4.79 Å². The summed E-state index contributed by atoms with van der Waals surface area (Å²) in [6.45, 7) is 4.30. The first kappa shape index (κ1) is 24.9. The van der Waals surface area contributed by atoms with Crippen LogP contribution >= 0.6 is 0 Å². The third-order valence-electron chi connectivity index (χ3n) is 7.35. The minimum atomic E-state index is -0.0657. The number of aromatic nitrogens is 7. The summed E-state index contributed by atoms with van der Waals surface area (Å²) in [7, 11) is 3.58. The van der Waals surface area contributed by atoms with Gasteiger partial charge in [0, 0.05) is 49.5 Å². The van der Waals surface area contributed by atoms with Gasteiger partial charge >= 0.3 is 0 Å². The van der Waals surface area contributed by atoms with Gasteiger partial charge in [-0.15, -0.1) is 10.2 Å². The predicted molar refractivity (Wildman–Crippen MR) is 145 cm³/mol. The second-order valence-corrected chi connectivity index (χ2v) is 9.91. The number of carbonyl (C=O) groups is 1. The van der Waals surface area contributed by atoms with Crippen molar-refractivity contribution in [1.29, 1.82) is 0 Å². The minimum Gasteiger partial charge on any atom is -0.494 e. The van der Waals surface area contributed by atoms with Crippen LogP contribution in [0, 0.1) is 6.92 Å². The number of pyridine rings is 2. The number of fused-ring (bicyclic) bond motifs is 2. The summed E-state index contributed by atoms with van der Waals surface area (Å²) < 4.78 is 17.4.